The SMILES string of the molecule is O=C(Cc1cc(F)cc(Br)c1)C1CC2CCC1O2. The van der Waals surface area contributed by atoms with Crippen molar-refractivity contribution in [3.63, 3.8) is 0 Å². The van der Waals surface area contributed by atoms with E-state index in [4.69, 9.17) is 4.74 Å². The maximum Gasteiger partial charge on any atom is 0.143 e. The van der Waals surface area contributed by atoms with E-state index in [-0.39, 0.29) is 29.7 Å². The molecule has 2 aliphatic heterocycles. The van der Waals surface area contributed by atoms with E-state index in [0.29, 0.717) is 10.9 Å². The number of halogens is 2. The zero-order valence-electron chi connectivity index (χ0n) is 9.86. The Morgan fingerprint density at radius 2 is 2.22 bits per heavy atom. The number of hydrogen-bond acceptors (Lipinski definition) is 2. The number of Topliss-reactive ketones (excluding diaryl/α,β-unsaturated/α-hetero) is 1. The van der Waals surface area contributed by atoms with Crippen molar-refractivity contribution in [3.05, 3.63) is 34.1 Å². The molecule has 0 aliphatic carbocycles. The number of benzene rings is 1. The Bertz CT molecular complexity index is 468. The summed E-state index contributed by atoms with van der Waals surface area (Å²) in [6.07, 6.45) is 3.62. The highest BCUT2D eigenvalue weighted by atomic mass is 79.9. The minimum atomic E-state index is -0.309. The third kappa shape index (κ3) is 2.36. The lowest BCUT2D eigenvalue weighted by molar-refractivity contribution is -0.123. The van der Waals surface area contributed by atoms with Gasteiger partial charge in [0.15, 0.2) is 0 Å². The standard InChI is InChI=1S/C14H14BrFO2/c15-9-3-8(4-10(16)6-9)5-13(17)12-7-11-1-2-14(12)18-11/h3-4,6,11-12,14H,1-2,5,7H2. The van der Waals surface area contributed by atoms with Gasteiger partial charge in [-0.1, -0.05) is 15.9 Å². The largest absolute Gasteiger partial charge is 0.374 e. The van der Waals surface area contributed by atoms with Gasteiger partial charge in [0, 0.05) is 16.8 Å². The summed E-state index contributed by atoms with van der Waals surface area (Å²) in [5, 5.41) is 0. The lowest BCUT2D eigenvalue weighted by atomic mass is 9.84. The lowest BCUT2D eigenvalue weighted by Gasteiger charge is -2.17. The molecular weight excluding hydrogens is 299 g/mol. The van der Waals surface area contributed by atoms with Crippen molar-refractivity contribution in [1.29, 1.82) is 0 Å². The first-order chi connectivity index (χ1) is 8.61. The highest BCUT2D eigenvalue weighted by molar-refractivity contribution is 9.10. The minimum absolute atomic E-state index is 0.0193. The van der Waals surface area contributed by atoms with Crippen molar-refractivity contribution >= 4 is 21.7 Å². The fraction of sp³-hybridized carbons (Fsp3) is 0.500. The number of hydrogen-bond donors (Lipinski definition) is 0. The number of fused-ring (bicyclic) bond motifs is 2. The summed E-state index contributed by atoms with van der Waals surface area (Å²) < 4.78 is 19.6. The summed E-state index contributed by atoms with van der Waals surface area (Å²) >= 11 is 3.24. The van der Waals surface area contributed by atoms with Gasteiger partial charge in [-0.2, -0.15) is 0 Å². The molecule has 0 spiro atoms. The molecule has 3 rings (SSSR count). The van der Waals surface area contributed by atoms with Crippen LogP contribution in [0.15, 0.2) is 22.7 Å². The van der Waals surface area contributed by atoms with Crippen molar-refractivity contribution in [2.24, 2.45) is 5.92 Å². The molecule has 18 heavy (non-hydrogen) atoms. The number of ether oxygens (including phenoxy) is 1. The summed E-state index contributed by atoms with van der Waals surface area (Å²) in [4.78, 5) is 12.2. The van der Waals surface area contributed by atoms with Crippen LogP contribution in [0.25, 0.3) is 0 Å². The summed E-state index contributed by atoms with van der Waals surface area (Å²) in [6.45, 7) is 0. The second-order valence-corrected chi connectivity index (χ2v) is 6.05. The van der Waals surface area contributed by atoms with Crippen molar-refractivity contribution in [1.82, 2.24) is 0 Å². The molecule has 1 aromatic carbocycles. The highest BCUT2D eigenvalue weighted by Crippen LogP contribution is 2.39. The Morgan fingerprint density at radius 1 is 1.39 bits per heavy atom. The molecule has 4 heteroatoms. The van der Waals surface area contributed by atoms with Crippen LogP contribution in [0.2, 0.25) is 0 Å². The lowest BCUT2D eigenvalue weighted by Crippen LogP contribution is -2.26. The predicted octanol–water partition coefficient (Wildman–Crippen LogP) is 3.27. The first kappa shape index (κ1) is 12.3. The van der Waals surface area contributed by atoms with E-state index in [1.807, 2.05) is 0 Å². The normalized spacial score (nSPS) is 29.8. The number of carbonyl (C=O) groups is 1. The molecule has 0 radical (unpaired) electrons. The Morgan fingerprint density at radius 3 is 2.83 bits per heavy atom. The van der Waals surface area contributed by atoms with Crippen LogP contribution in [0.3, 0.4) is 0 Å². The Labute approximate surface area is 114 Å². The van der Waals surface area contributed by atoms with Gasteiger partial charge in [-0.15, -0.1) is 0 Å². The average molecular weight is 313 g/mol. The molecule has 3 atom stereocenters. The summed E-state index contributed by atoms with van der Waals surface area (Å²) in [5.74, 6) is -0.109. The second-order valence-electron chi connectivity index (χ2n) is 5.14. The Hall–Kier alpha value is -0.740. The van der Waals surface area contributed by atoms with Crippen molar-refractivity contribution in [2.75, 3.05) is 0 Å². The van der Waals surface area contributed by atoms with Gasteiger partial charge < -0.3 is 4.74 Å². The number of ketones is 1. The van der Waals surface area contributed by atoms with Crippen molar-refractivity contribution in [2.45, 2.75) is 37.9 Å². The molecule has 1 aromatic rings. The van der Waals surface area contributed by atoms with E-state index in [0.717, 1.165) is 24.8 Å². The predicted molar refractivity (Wildman–Crippen MR) is 68.8 cm³/mol. The maximum absolute atomic E-state index is 13.2. The first-order valence-corrected chi connectivity index (χ1v) is 7.04. The molecule has 2 bridgehead atoms. The number of rotatable bonds is 3. The first-order valence-electron chi connectivity index (χ1n) is 6.25. The molecule has 3 unspecified atom stereocenters. The highest BCUT2D eigenvalue weighted by Gasteiger charge is 2.43. The van der Waals surface area contributed by atoms with Gasteiger partial charge in [0.1, 0.15) is 11.6 Å². The zero-order valence-corrected chi connectivity index (χ0v) is 11.5. The Balaban J connectivity index is 1.70. The molecule has 2 fully saturated rings. The molecule has 0 saturated carbocycles. The van der Waals surface area contributed by atoms with Crippen LogP contribution in [0.1, 0.15) is 24.8 Å². The van der Waals surface area contributed by atoms with Gasteiger partial charge in [0.2, 0.25) is 0 Å². The van der Waals surface area contributed by atoms with Crippen LogP contribution < -0.4 is 0 Å². The third-order valence-corrected chi connectivity index (χ3v) is 4.28. The molecule has 2 aliphatic rings. The molecule has 96 valence electrons. The fourth-order valence-corrected chi connectivity index (χ4v) is 3.53. The molecule has 2 saturated heterocycles. The summed E-state index contributed by atoms with van der Waals surface area (Å²) in [5.41, 5.74) is 0.731. The van der Waals surface area contributed by atoms with Gasteiger partial charge in [-0.05, 0) is 43.0 Å². The van der Waals surface area contributed by atoms with Crippen LogP contribution >= 0.6 is 15.9 Å². The van der Waals surface area contributed by atoms with E-state index in [1.165, 1.54) is 12.1 Å². The van der Waals surface area contributed by atoms with E-state index < -0.39 is 0 Å². The monoisotopic (exact) mass is 312 g/mol. The zero-order chi connectivity index (χ0) is 12.7. The topological polar surface area (TPSA) is 26.3 Å². The van der Waals surface area contributed by atoms with E-state index in [1.54, 1.807) is 6.07 Å². The van der Waals surface area contributed by atoms with E-state index in [9.17, 15) is 9.18 Å². The molecule has 2 heterocycles. The van der Waals surface area contributed by atoms with Gasteiger partial charge in [0.25, 0.3) is 0 Å². The molecule has 0 N–H and O–H groups in total. The number of carbonyl (C=O) groups excluding carboxylic acids is 1. The quantitative estimate of drug-likeness (QED) is 0.856. The van der Waals surface area contributed by atoms with Crippen LogP contribution in [0.5, 0.6) is 0 Å². The van der Waals surface area contributed by atoms with Gasteiger partial charge >= 0.3 is 0 Å². The van der Waals surface area contributed by atoms with Crippen LogP contribution in [0.4, 0.5) is 4.39 Å². The van der Waals surface area contributed by atoms with Crippen molar-refractivity contribution in [3.8, 4) is 0 Å². The van der Waals surface area contributed by atoms with Gasteiger partial charge in [0.05, 0.1) is 12.2 Å². The summed E-state index contributed by atoms with van der Waals surface area (Å²) in [6, 6.07) is 4.63. The Kier molecular flexibility index (Phi) is 3.24. The minimum Gasteiger partial charge on any atom is -0.374 e. The van der Waals surface area contributed by atoms with Crippen molar-refractivity contribution < 1.29 is 13.9 Å². The van der Waals surface area contributed by atoms with E-state index in [2.05, 4.69) is 15.9 Å². The van der Waals surface area contributed by atoms with Crippen LogP contribution in [-0.2, 0) is 16.0 Å². The van der Waals surface area contributed by atoms with Gasteiger partial charge in [-0.25, -0.2) is 4.39 Å². The second kappa shape index (κ2) is 4.74. The molecule has 0 amide bonds. The maximum atomic E-state index is 13.2. The smallest absolute Gasteiger partial charge is 0.143 e. The molecule has 2 nitrogen and oxygen atoms in total. The van der Waals surface area contributed by atoms with E-state index >= 15 is 0 Å². The average Bonchev–Trinajstić information content (AvgIpc) is 2.88. The fourth-order valence-electron chi connectivity index (χ4n) is 3.02. The van der Waals surface area contributed by atoms with Gasteiger partial charge in [-0.3, -0.25) is 4.79 Å². The molecular formula is C14H14BrFO2. The van der Waals surface area contributed by atoms with Crippen LogP contribution in [-0.4, -0.2) is 18.0 Å². The third-order valence-electron chi connectivity index (χ3n) is 3.82. The van der Waals surface area contributed by atoms with Crippen LogP contribution in [0, 0.1) is 11.7 Å². The summed E-state index contributed by atoms with van der Waals surface area (Å²) in [7, 11) is 0. The molecule has 0 aromatic heterocycles.